The van der Waals surface area contributed by atoms with E-state index in [1.54, 1.807) is 19.2 Å². The van der Waals surface area contributed by atoms with Gasteiger partial charge in [0.15, 0.2) is 17.4 Å². The van der Waals surface area contributed by atoms with Crippen LogP contribution < -0.4 is 4.74 Å². The Labute approximate surface area is 122 Å². The van der Waals surface area contributed by atoms with Crippen molar-refractivity contribution >= 4 is 11.2 Å². The third-order valence-electron chi connectivity index (χ3n) is 2.68. The molecule has 1 aromatic carbocycles. The molecular weight excluding hydrogens is 305 g/mol. The van der Waals surface area contributed by atoms with Crippen molar-refractivity contribution in [2.45, 2.75) is 19.4 Å². The van der Waals surface area contributed by atoms with E-state index in [1.165, 1.54) is 10.7 Å². The quantitative estimate of drug-likeness (QED) is 0.769. The van der Waals surface area contributed by atoms with E-state index in [2.05, 4.69) is 9.84 Å². The Morgan fingerprint density at radius 3 is 2.76 bits per heavy atom. The molecular formula is C13H13F3N2O2S. The number of hydrogen-bond donors (Lipinski definition) is 0. The van der Waals surface area contributed by atoms with Crippen molar-refractivity contribution in [3.8, 4) is 17.0 Å². The molecule has 2 rings (SSSR count). The van der Waals surface area contributed by atoms with Gasteiger partial charge in [0.05, 0.1) is 5.69 Å². The maximum Gasteiger partial charge on any atom is 0.387 e. The second kappa shape index (κ2) is 6.86. The smallest absolute Gasteiger partial charge is 0.387 e. The van der Waals surface area contributed by atoms with Crippen LogP contribution in [0.2, 0.25) is 0 Å². The lowest BCUT2D eigenvalue weighted by Crippen LogP contribution is -2.13. The summed E-state index contributed by atoms with van der Waals surface area (Å²) in [6, 6.07) is 5.26. The fourth-order valence-corrected chi connectivity index (χ4v) is 2.30. The zero-order valence-corrected chi connectivity index (χ0v) is 11.9. The summed E-state index contributed by atoms with van der Waals surface area (Å²) in [7, 11) is 0. The van der Waals surface area contributed by atoms with Crippen LogP contribution in [0.4, 0.5) is 13.2 Å². The van der Waals surface area contributed by atoms with Crippen molar-refractivity contribution in [3.05, 3.63) is 36.3 Å². The van der Waals surface area contributed by atoms with Gasteiger partial charge >= 0.3 is 6.61 Å². The van der Waals surface area contributed by atoms with Gasteiger partial charge in [-0.15, -0.1) is 0 Å². The number of nitrogens with zero attached hydrogens (tertiary/aromatic N) is 2. The lowest BCUT2D eigenvalue weighted by Gasteiger charge is -2.08. The Bertz CT molecular complexity index is 607. The number of aromatic nitrogens is 2. The minimum Gasteiger partial charge on any atom is -0.615 e. The van der Waals surface area contributed by atoms with Crippen molar-refractivity contribution < 1.29 is 22.5 Å². The maximum absolute atomic E-state index is 13.6. The molecule has 0 aliphatic carbocycles. The number of rotatable bonds is 6. The van der Waals surface area contributed by atoms with Crippen LogP contribution in [0.5, 0.6) is 5.75 Å². The molecule has 0 aliphatic rings. The summed E-state index contributed by atoms with van der Waals surface area (Å²) in [5, 5.41) is 4.17. The minimum absolute atomic E-state index is 0.256. The second-order valence-electron chi connectivity index (χ2n) is 4.12. The SMILES string of the molecule is CC[S+]([O-])Cn1ccc(-c2ccc(OC(F)F)c(F)c2)n1. The monoisotopic (exact) mass is 318 g/mol. The lowest BCUT2D eigenvalue weighted by atomic mass is 10.1. The number of hydrogen-bond acceptors (Lipinski definition) is 3. The van der Waals surface area contributed by atoms with Gasteiger partial charge < -0.3 is 9.29 Å². The average Bonchev–Trinajstić information content (AvgIpc) is 2.89. The van der Waals surface area contributed by atoms with Crippen molar-refractivity contribution in [3.63, 3.8) is 0 Å². The molecule has 0 fully saturated rings. The third kappa shape index (κ3) is 4.15. The predicted molar refractivity (Wildman–Crippen MR) is 72.9 cm³/mol. The molecule has 4 nitrogen and oxygen atoms in total. The molecule has 1 atom stereocenters. The Balaban J connectivity index is 2.17. The van der Waals surface area contributed by atoms with Crippen molar-refractivity contribution in [2.24, 2.45) is 0 Å². The van der Waals surface area contributed by atoms with Gasteiger partial charge in [-0.3, -0.25) is 0 Å². The van der Waals surface area contributed by atoms with Gasteiger partial charge in [-0.05, 0) is 42.4 Å². The molecule has 0 aliphatic heterocycles. The Kier molecular flexibility index (Phi) is 5.13. The largest absolute Gasteiger partial charge is 0.615 e. The first kappa shape index (κ1) is 15.7. The highest BCUT2D eigenvalue weighted by atomic mass is 32.2. The normalized spacial score (nSPS) is 12.7. The molecule has 0 saturated carbocycles. The first-order chi connectivity index (χ1) is 9.99. The van der Waals surface area contributed by atoms with E-state index < -0.39 is 29.4 Å². The van der Waals surface area contributed by atoms with Gasteiger partial charge in [-0.1, -0.05) is 0 Å². The summed E-state index contributed by atoms with van der Waals surface area (Å²) in [5.74, 6) is -0.630. The highest BCUT2D eigenvalue weighted by molar-refractivity contribution is 7.90. The van der Waals surface area contributed by atoms with Crippen LogP contribution in [0.1, 0.15) is 6.92 Å². The van der Waals surface area contributed by atoms with Crippen LogP contribution in [0, 0.1) is 5.82 Å². The molecule has 0 bridgehead atoms. The molecule has 2 aromatic rings. The summed E-state index contributed by atoms with van der Waals surface area (Å²) < 4.78 is 54.7. The standard InChI is InChI=1S/C13H13F3N2O2S/c1-2-21(19)8-18-6-5-11(17-18)9-3-4-12(10(14)7-9)20-13(15)16/h3-7,13H,2,8H2,1H3. The number of alkyl halides is 2. The van der Waals surface area contributed by atoms with Gasteiger partial charge in [0.2, 0.25) is 0 Å². The van der Waals surface area contributed by atoms with Gasteiger partial charge in [0.25, 0.3) is 0 Å². The van der Waals surface area contributed by atoms with E-state index in [4.69, 9.17) is 0 Å². The zero-order valence-electron chi connectivity index (χ0n) is 11.1. The fraction of sp³-hybridized carbons (Fsp3) is 0.308. The molecule has 0 saturated heterocycles. The van der Waals surface area contributed by atoms with Gasteiger partial charge in [0, 0.05) is 11.8 Å². The average molecular weight is 318 g/mol. The van der Waals surface area contributed by atoms with Crippen LogP contribution in [0.3, 0.4) is 0 Å². The van der Waals surface area contributed by atoms with E-state index >= 15 is 0 Å². The topological polar surface area (TPSA) is 50.1 Å². The lowest BCUT2D eigenvalue weighted by molar-refractivity contribution is -0.0521. The van der Waals surface area contributed by atoms with E-state index in [9.17, 15) is 17.7 Å². The highest BCUT2D eigenvalue weighted by Crippen LogP contribution is 2.25. The first-order valence-electron chi connectivity index (χ1n) is 6.12. The van der Waals surface area contributed by atoms with Gasteiger partial charge in [-0.2, -0.15) is 13.9 Å². The number of ether oxygens (including phenoxy) is 1. The zero-order chi connectivity index (χ0) is 15.4. The minimum atomic E-state index is -3.08. The molecule has 8 heteroatoms. The number of halogens is 3. The van der Waals surface area contributed by atoms with Crippen LogP contribution in [-0.4, -0.2) is 26.7 Å². The summed E-state index contributed by atoms with van der Waals surface area (Å²) >= 11 is -1.01. The summed E-state index contributed by atoms with van der Waals surface area (Å²) in [4.78, 5) is 0. The van der Waals surface area contributed by atoms with E-state index in [0.717, 1.165) is 12.1 Å². The van der Waals surface area contributed by atoms with E-state index in [1.807, 2.05) is 0 Å². The highest BCUT2D eigenvalue weighted by Gasteiger charge is 2.13. The summed E-state index contributed by atoms with van der Waals surface area (Å²) in [6.07, 6.45) is 1.63. The molecule has 114 valence electrons. The predicted octanol–water partition coefficient (Wildman–Crippen LogP) is 3.02. The van der Waals surface area contributed by atoms with Crippen molar-refractivity contribution in [1.29, 1.82) is 0 Å². The van der Waals surface area contributed by atoms with Gasteiger partial charge in [-0.25, -0.2) is 9.07 Å². The maximum atomic E-state index is 13.6. The van der Waals surface area contributed by atoms with Crippen LogP contribution in [-0.2, 0) is 17.1 Å². The van der Waals surface area contributed by atoms with Crippen LogP contribution >= 0.6 is 0 Å². The van der Waals surface area contributed by atoms with Crippen LogP contribution in [0.25, 0.3) is 11.3 Å². The molecule has 1 aromatic heterocycles. The van der Waals surface area contributed by atoms with Crippen molar-refractivity contribution in [2.75, 3.05) is 5.75 Å². The molecule has 0 spiro atoms. The molecule has 1 unspecified atom stereocenters. The Morgan fingerprint density at radius 2 is 2.14 bits per heavy atom. The van der Waals surface area contributed by atoms with Crippen LogP contribution in [0.15, 0.2) is 30.5 Å². The number of benzene rings is 1. The van der Waals surface area contributed by atoms with E-state index in [0.29, 0.717) is 17.0 Å². The van der Waals surface area contributed by atoms with E-state index in [-0.39, 0.29) is 5.88 Å². The van der Waals surface area contributed by atoms with Gasteiger partial charge in [0.1, 0.15) is 5.75 Å². The molecule has 1 heterocycles. The summed E-state index contributed by atoms with van der Waals surface area (Å²) in [5.41, 5.74) is 0.890. The summed E-state index contributed by atoms with van der Waals surface area (Å²) in [6.45, 7) is -1.27. The molecule has 0 radical (unpaired) electrons. The Morgan fingerprint density at radius 1 is 1.38 bits per heavy atom. The van der Waals surface area contributed by atoms with Crippen molar-refractivity contribution in [1.82, 2.24) is 9.78 Å². The molecule has 0 N–H and O–H groups in total. The molecule has 21 heavy (non-hydrogen) atoms. The first-order valence-corrected chi connectivity index (χ1v) is 7.61. The second-order valence-corrected chi connectivity index (χ2v) is 5.84. The Hall–Kier alpha value is -1.67. The third-order valence-corrected chi connectivity index (χ3v) is 3.88. The fourth-order valence-electron chi connectivity index (χ4n) is 1.68. The molecule has 0 amide bonds.